The number of nitrogens with one attached hydrogen (secondary N) is 1. The summed E-state index contributed by atoms with van der Waals surface area (Å²) < 4.78 is 15.4. The van der Waals surface area contributed by atoms with Crippen molar-refractivity contribution in [3.05, 3.63) is 53.1 Å². The van der Waals surface area contributed by atoms with Crippen LogP contribution in [0.25, 0.3) is 0 Å². The fourth-order valence-electron chi connectivity index (χ4n) is 3.00. The summed E-state index contributed by atoms with van der Waals surface area (Å²) in [5.74, 6) is -6.63. The van der Waals surface area contributed by atoms with Crippen molar-refractivity contribution in [1.29, 1.82) is 0 Å². The molecular formula is C21H20ClNNa2O8. The number of carbonyl (C=O) groups excluding carboxylic acids is 2. The number of fused-ring (bicyclic) bond motifs is 1. The summed E-state index contributed by atoms with van der Waals surface area (Å²) >= 11 is 5.89. The number of halogens is 1. The van der Waals surface area contributed by atoms with Crippen LogP contribution in [0.2, 0.25) is 5.02 Å². The van der Waals surface area contributed by atoms with Crippen LogP contribution in [0.4, 0.5) is 0 Å². The van der Waals surface area contributed by atoms with Gasteiger partial charge in [-0.2, -0.15) is 0 Å². The topological polar surface area (TPSA) is 140 Å². The Kier molecular flexibility index (Phi) is 12.0. The summed E-state index contributed by atoms with van der Waals surface area (Å²) in [4.78, 5) is 22.3. The number of ether oxygens (including phenoxy) is 3. The second kappa shape index (κ2) is 13.2. The first kappa shape index (κ1) is 30.0. The number of aliphatic hydroxyl groups excluding tert-OH is 1. The predicted octanol–water partition coefficient (Wildman–Crippen LogP) is -6.72. The number of benzene rings is 2. The van der Waals surface area contributed by atoms with Gasteiger partial charge in [-0.25, -0.2) is 0 Å². The Morgan fingerprint density at radius 3 is 2.42 bits per heavy atom. The van der Waals surface area contributed by atoms with E-state index in [-0.39, 0.29) is 89.8 Å². The molecule has 0 saturated carbocycles. The van der Waals surface area contributed by atoms with E-state index in [0.717, 1.165) is 5.56 Å². The Balaban J connectivity index is 0.00000272. The Morgan fingerprint density at radius 1 is 1.12 bits per heavy atom. The molecule has 0 spiro atoms. The summed E-state index contributed by atoms with van der Waals surface area (Å²) in [7, 11) is 0. The van der Waals surface area contributed by atoms with Crippen LogP contribution in [0, 0.1) is 0 Å². The molecule has 1 aliphatic heterocycles. The average molecular weight is 496 g/mol. The van der Waals surface area contributed by atoms with E-state index >= 15 is 0 Å². The maximum absolute atomic E-state index is 11.2. The molecule has 1 heterocycles. The number of carboxylic acid groups (broad SMARTS) is 2. The van der Waals surface area contributed by atoms with Crippen molar-refractivity contribution in [2.24, 2.45) is 0 Å². The predicted molar refractivity (Wildman–Crippen MR) is 105 cm³/mol. The SMILES string of the molecule is C[C@H](Cc1ccc2c(c1)OC(C(=O)[O-])(C(=O)[O-])O2)NC[C@@H](O)COc1cccc(Cl)c1.[Na+].[Na+]. The number of rotatable bonds is 10. The van der Waals surface area contributed by atoms with Crippen LogP contribution < -0.4 is 88.9 Å². The third kappa shape index (κ3) is 7.74. The van der Waals surface area contributed by atoms with E-state index in [1.807, 2.05) is 6.92 Å². The van der Waals surface area contributed by atoms with Gasteiger partial charge in [0.25, 0.3) is 0 Å². The summed E-state index contributed by atoms with van der Waals surface area (Å²) in [5.41, 5.74) is 0.736. The number of carbonyl (C=O) groups is 2. The summed E-state index contributed by atoms with van der Waals surface area (Å²) in [6.45, 7) is 2.24. The third-order valence-electron chi connectivity index (χ3n) is 4.54. The Labute approximate surface area is 239 Å². The van der Waals surface area contributed by atoms with Gasteiger partial charge in [0.1, 0.15) is 30.4 Å². The first-order valence-corrected chi connectivity index (χ1v) is 9.81. The maximum Gasteiger partial charge on any atom is 1.00 e. The van der Waals surface area contributed by atoms with Crippen LogP contribution in [0.5, 0.6) is 17.2 Å². The fourth-order valence-corrected chi connectivity index (χ4v) is 3.18. The zero-order chi connectivity index (χ0) is 22.6. The third-order valence-corrected chi connectivity index (χ3v) is 4.77. The van der Waals surface area contributed by atoms with E-state index in [1.165, 1.54) is 12.1 Å². The molecule has 0 fully saturated rings. The van der Waals surface area contributed by atoms with Crippen LogP contribution in [0.3, 0.4) is 0 Å². The van der Waals surface area contributed by atoms with Gasteiger partial charge >= 0.3 is 64.9 Å². The first-order valence-electron chi connectivity index (χ1n) is 9.43. The van der Waals surface area contributed by atoms with E-state index in [2.05, 4.69) is 5.32 Å². The number of hydrogen-bond donors (Lipinski definition) is 2. The zero-order valence-corrected chi connectivity index (χ0v) is 23.3. The van der Waals surface area contributed by atoms with E-state index in [1.54, 1.807) is 30.3 Å². The van der Waals surface area contributed by atoms with E-state index < -0.39 is 23.8 Å². The molecule has 1 aliphatic rings. The summed E-state index contributed by atoms with van der Waals surface area (Å²) in [6, 6.07) is 11.3. The molecule has 12 heteroatoms. The minimum Gasteiger partial charge on any atom is -0.542 e. The minimum atomic E-state index is -3.00. The van der Waals surface area contributed by atoms with Crippen LogP contribution in [-0.4, -0.2) is 48.1 Å². The number of hydrogen-bond acceptors (Lipinski definition) is 9. The number of aliphatic carboxylic acids is 2. The number of aliphatic hydroxyl groups is 1. The van der Waals surface area contributed by atoms with Gasteiger partial charge in [-0.05, 0) is 49.2 Å². The van der Waals surface area contributed by atoms with E-state index in [0.29, 0.717) is 17.2 Å². The summed E-state index contributed by atoms with van der Waals surface area (Å²) in [5, 5.41) is 36.2. The molecular weight excluding hydrogens is 476 g/mol. The average Bonchev–Trinajstić information content (AvgIpc) is 3.11. The molecule has 0 unspecified atom stereocenters. The van der Waals surface area contributed by atoms with Gasteiger partial charge in [-0.15, -0.1) is 0 Å². The molecule has 3 rings (SSSR count). The van der Waals surface area contributed by atoms with Crippen LogP contribution in [0.15, 0.2) is 42.5 Å². The van der Waals surface area contributed by atoms with Crippen molar-refractivity contribution in [2.45, 2.75) is 31.3 Å². The molecule has 2 aromatic carbocycles. The van der Waals surface area contributed by atoms with Crippen molar-refractivity contribution < 1.29 is 98.2 Å². The van der Waals surface area contributed by atoms with Crippen molar-refractivity contribution in [1.82, 2.24) is 5.32 Å². The molecule has 0 radical (unpaired) electrons. The van der Waals surface area contributed by atoms with Crippen LogP contribution >= 0.6 is 11.6 Å². The van der Waals surface area contributed by atoms with Crippen molar-refractivity contribution >= 4 is 23.5 Å². The maximum atomic E-state index is 11.2. The van der Waals surface area contributed by atoms with E-state index in [4.69, 9.17) is 25.8 Å². The molecule has 0 saturated heterocycles. The Bertz CT molecular complexity index is 963. The molecule has 0 aliphatic carbocycles. The van der Waals surface area contributed by atoms with Gasteiger partial charge in [0.2, 0.25) is 0 Å². The van der Waals surface area contributed by atoms with Gasteiger partial charge in [-0.1, -0.05) is 23.7 Å². The second-order valence-corrected chi connectivity index (χ2v) is 7.55. The summed E-state index contributed by atoms with van der Waals surface area (Å²) in [6.07, 6.45) is -0.271. The van der Waals surface area contributed by atoms with Gasteiger partial charge in [0.05, 0.1) is 0 Å². The normalized spacial score (nSPS) is 14.9. The van der Waals surface area contributed by atoms with Gasteiger partial charge in [0, 0.05) is 17.6 Å². The molecule has 2 N–H and O–H groups in total. The Morgan fingerprint density at radius 2 is 1.79 bits per heavy atom. The molecule has 2 aromatic rings. The molecule has 0 amide bonds. The molecule has 2 atom stereocenters. The monoisotopic (exact) mass is 495 g/mol. The van der Waals surface area contributed by atoms with Gasteiger partial charge in [0.15, 0.2) is 11.5 Å². The van der Waals surface area contributed by atoms with Crippen LogP contribution in [-0.2, 0) is 16.0 Å². The molecule has 33 heavy (non-hydrogen) atoms. The van der Waals surface area contributed by atoms with Crippen molar-refractivity contribution in [3.8, 4) is 17.2 Å². The molecule has 9 nitrogen and oxygen atoms in total. The zero-order valence-electron chi connectivity index (χ0n) is 18.5. The smallest absolute Gasteiger partial charge is 0.542 e. The molecule has 0 aromatic heterocycles. The van der Waals surface area contributed by atoms with Gasteiger partial charge in [-0.3, -0.25) is 0 Å². The first-order chi connectivity index (χ1) is 14.7. The van der Waals surface area contributed by atoms with Gasteiger partial charge < -0.3 is 44.4 Å². The minimum absolute atomic E-state index is 0. The Hall–Kier alpha value is -1.01. The van der Waals surface area contributed by atoms with Crippen LogP contribution in [0.1, 0.15) is 12.5 Å². The van der Waals surface area contributed by atoms with Crippen molar-refractivity contribution in [2.75, 3.05) is 13.2 Å². The molecule has 166 valence electrons. The second-order valence-electron chi connectivity index (χ2n) is 7.11. The fraction of sp³-hybridized carbons (Fsp3) is 0.333. The standard InChI is InChI=1S/C21H22ClNO8.2Na/c1-12(23-10-15(24)11-29-16-4-2-3-14(22)9-16)7-13-5-6-17-18(8-13)31-21(30-17,19(25)26)20(27)28;;/h2-6,8-9,12,15,23-24H,7,10-11H2,1H3,(H,25,26)(H,27,28);;/q;2*+1/p-2/t12-,15-;;/m1../s1. The number of carboxylic acids is 2. The molecule has 0 bridgehead atoms. The van der Waals surface area contributed by atoms with E-state index in [9.17, 15) is 24.9 Å². The van der Waals surface area contributed by atoms with Crippen molar-refractivity contribution in [3.63, 3.8) is 0 Å². The quantitative estimate of drug-likeness (QED) is 0.243. The largest absolute Gasteiger partial charge is 1.00 e.